The van der Waals surface area contributed by atoms with Gasteiger partial charge in [0.1, 0.15) is 13.2 Å². The van der Waals surface area contributed by atoms with Crippen molar-refractivity contribution < 1.29 is 17.9 Å². The van der Waals surface area contributed by atoms with Crippen LogP contribution >= 0.6 is 23.4 Å². The van der Waals surface area contributed by atoms with Crippen molar-refractivity contribution in [1.29, 1.82) is 0 Å². The summed E-state index contributed by atoms with van der Waals surface area (Å²) in [5.74, 6) is 2.29. The molecule has 3 aliphatic rings. The molecular weight excluding hydrogens is 432 g/mol. The molecule has 2 atom stereocenters. The van der Waals surface area contributed by atoms with E-state index in [1.165, 1.54) is 0 Å². The zero-order chi connectivity index (χ0) is 20.0. The van der Waals surface area contributed by atoms with Crippen LogP contribution in [0.1, 0.15) is 5.56 Å². The Kier molecular flexibility index (Phi) is 4.88. The largest absolute Gasteiger partial charge is 0.486 e. The van der Waals surface area contributed by atoms with E-state index in [1.807, 2.05) is 47.4 Å². The van der Waals surface area contributed by atoms with Crippen molar-refractivity contribution in [2.45, 2.75) is 17.8 Å². The minimum Gasteiger partial charge on any atom is -0.486 e. The molecular formula is C20H19ClN2O4S2. The van der Waals surface area contributed by atoms with Crippen molar-refractivity contribution in [3.05, 3.63) is 53.1 Å². The molecule has 2 aromatic rings. The third-order valence-electron chi connectivity index (χ3n) is 5.17. The first-order valence-electron chi connectivity index (χ1n) is 9.33. The molecule has 0 bridgehead atoms. The van der Waals surface area contributed by atoms with Gasteiger partial charge in [0, 0.05) is 22.5 Å². The van der Waals surface area contributed by atoms with Crippen molar-refractivity contribution in [2.75, 3.05) is 29.6 Å². The van der Waals surface area contributed by atoms with Gasteiger partial charge in [0.2, 0.25) is 0 Å². The van der Waals surface area contributed by atoms with Gasteiger partial charge in [-0.25, -0.2) is 8.42 Å². The van der Waals surface area contributed by atoms with Crippen molar-refractivity contribution in [3.8, 4) is 11.5 Å². The average molecular weight is 451 g/mol. The lowest BCUT2D eigenvalue weighted by Crippen LogP contribution is -2.39. The molecule has 6 nitrogen and oxygen atoms in total. The fourth-order valence-electron chi connectivity index (χ4n) is 3.89. The Morgan fingerprint density at radius 1 is 1.10 bits per heavy atom. The number of sulfone groups is 1. The van der Waals surface area contributed by atoms with Crippen molar-refractivity contribution in [1.82, 2.24) is 0 Å². The van der Waals surface area contributed by atoms with Crippen LogP contribution in [0.15, 0.2) is 47.5 Å². The van der Waals surface area contributed by atoms with E-state index in [2.05, 4.69) is 0 Å². The van der Waals surface area contributed by atoms with Gasteiger partial charge < -0.3 is 14.4 Å². The maximum atomic E-state index is 12.2. The van der Waals surface area contributed by atoms with E-state index in [0.29, 0.717) is 35.5 Å². The van der Waals surface area contributed by atoms with Crippen LogP contribution in [0.25, 0.3) is 0 Å². The molecule has 2 aromatic carbocycles. The third kappa shape index (κ3) is 3.81. The minimum atomic E-state index is -3.09. The van der Waals surface area contributed by atoms with Crippen LogP contribution in [0.2, 0.25) is 5.02 Å². The molecule has 0 saturated carbocycles. The van der Waals surface area contributed by atoms with E-state index in [4.69, 9.17) is 26.1 Å². The smallest absolute Gasteiger partial charge is 0.164 e. The maximum absolute atomic E-state index is 12.2. The number of ether oxygens (including phenoxy) is 2. The minimum absolute atomic E-state index is 0.0972. The Labute approximate surface area is 178 Å². The van der Waals surface area contributed by atoms with Crippen molar-refractivity contribution >= 4 is 44.1 Å². The highest BCUT2D eigenvalue weighted by Crippen LogP contribution is 2.40. The summed E-state index contributed by atoms with van der Waals surface area (Å²) in [5.41, 5.74) is 1.97. The molecule has 0 unspecified atom stereocenters. The molecule has 0 aromatic heterocycles. The van der Waals surface area contributed by atoms with Crippen LogP contribution in [0, 0.1) is 0 Å². The number of halogens is 1. The van der Waals surface area contributed by atoms with Gasteiger partial charge in [0.15, 0.2) is 26.5 Å². The summed E-state index contributed by atoms with van der Waals surface area (Å²) in [6.07, 6.45) is 0. The normalized spacial score (nSPS) is 24.3. The van der Waals surface area contributed by atoms with E-state index < -0.39 is 9.84 Å². The number of aliphatic imine (C=N–C) groups is 1. The van der Waals surface area contributed by atoms with Gasteiger partial charge in [-0.1, -0.05) is 35.5 Å². The van der Waals surface area contributed by atoms with Crippen molar-refractivity contribution in [2.24, 2.45) is 4.99 Å². The Morgan fingerprint density at radius 3 is 2.76 bits per heavy atom. The summed E-state index contributed by atoms with van der Waals surface area (Å²) in [6.45, 7) is 1.03. The molecule has 0 aliphatic carbocycles. The van der Waals surface area contributed by atoms with E-state index in [1.54, 1.807) is 11.8 Å². The predicted octanol–water partition coefficient (Wildman–Crippen LogP) is 3.39. The first-order chi connectivity index (χ1) is 14.0. The van der Waals surface area contributed by atoms with Crippen LogP contribution in [0.5, 0.6) is 11.5 Å². The molecule has 5 rings (SSSR count). The Morgan fingerprint density at radius 2 is 1.93 bits per heavy atom. The first-order valence-corrected chi connectivity index (χ1v) is 12.5. The topological polar surface area (TPSA) is 68.2 Å². The van der Waals surface area contributed by atoms with E-state index in [9.17, 15) is 8.42 Å². The van der Waals surface area contributed by atoms with E-state index in [0.717, 1.165) is 16.4 Å². The van der Waals surface area contributed by atoms with Gasteiger partial charge >= 0.3 is 0 Å². The number of thioether (sulfide) groups is 1. The fraction of sp³-hybridized carbons (Fsp3) is 0.350. The zero-order valence-electron chi connectivity index (χ0n) is 15.5. The van der Waals surface area contributed by atoms with Gasteiger partial charge in [-0.05, 0) is 29.8 Å². The second kappa shape index (κ2) is 7.41. The molecule has 1 saturated heterocycles. The standard InChI is InChI=1S/C20H19ClN2O4S2/c21-14-3-1-2-13(8-14)10-28-20-22-16-11-29(24,25)12-17(16)23(20)15-4-5-18-19(9-15)27-7-6-26-18/h1-5,8-9,16-17H,6-7,10-12H2/t16-,17+/m1/s1. The molecule has 1 fully saturated rings. The molecule has 9 heteroatoms. The van der Waals surface area contributed by atoms with Gasteiger partial charge in [0.25, 0.3) is 0 Å². The second-order valence-electron chi connectivity index (χ2n) is 7.24. The molecule has 3 heterocycles. The number of hydrogen-bond donors (Lipinski definition) is 0. The quantitative estimate of drug-likeness (QED) is 0.714. The number of nitrogens with zero attached hydrogens (tertiary/aromatic N) is 2. The summed E-state index contributed by atoms with van der Waals surface area (Å²) < 4.78 is 35.8. The van der Waals surface area contributed by atoms with Gasteiger partial charge in [-0.3, -0.25) is 4.99 Å². The molecule has 0 radical (unpaired) electrons. The van der Waals surface area contributed by atoms with Crippen LogP contribution in [0.4, 0.5) is 5.69 Å². The highest BCUT2D eigenvalue weighted by Gasteiger charge is 2.47. The maximum Gasteiger partial charge on any atom is 0.164 e. The van der Waals surface area contributed by atoms with Crippen molar-refractivity contribution in [3.63, 3.8) is 0 Å². The molecule has 3 aliphatic heterocycles. The fourth-order valence-corrected chi connectivity index (χ4v) is 7.01. The summed E-state index contributed by atoms with van der Waals surface area (Å²) >= 11 is 7.69. The zero-order valence-corrected chi connectivity index (χ0v) is 17.8. The van der Waals surface area contributed by atoms with Gasteiger partial charge in [0.05, 0.1) is 23.6 Å². The van der Waals surface area contributed by atoms with Gasteiger partial charge in [-0.15, -0.1) is 0 Å². The number of rotatable bonds is 3. The summed E-state index contributed by atoms with van der Waals surface area (Å²) in [4.78, 5) is 6.82. The SMILES string of the molecule is O=S1(=O)C[C@H]2N=C(SCc3cccc(Cl)c3)N(c3ccc4c(c3)OCCO4)[C@H]2C1. The summed E-state index contributed by atoms with van der Waals surface area (Å²) in [7, 11) is -3.09. The predicted molar refractivity (Wildman–Crippen MR) is 116 cm³/mol. The first kappa shape index (κ1) is 19.1. The lowest BCUT2D eigenvalue weighted by atomic mass is 10.1. The monoisotopic (exact) mass is 450 g/mol. The van der Waals surface area contributed by atoms with Crippen LogP contribution in [-0.2, 0) is 15.6 Å². The van der Waals surface area contributed by atoms with Crippen LogP contribution < -0.4 is 14.4 Å². The van der Waals surface area contributed by atoms with E-state index in [-0.39, 0.29) is 23.6 Å². The number of benzene rings is 2. The summed E-state index contributed by atoms with van der Waals surface area (Å²) in [6, 6.07) is 13.0. The Bertz CT molecular complexity index is 1090. The van der Waals surface area contributed by atoms with Gasteiger partial charge in [-0.2, -0.15) is 0 Å². The Balaban J connectivity index is 1.45. The molecule has 0 spiro atoms. The number of amidine groups is 1. The number of fused-ring (bicyclic) bond motifs is 2. The highest BCUT2D eigenvalue weighted by atomic mass is 35.5. The molecule has 0 amide bonds. The molecule has 29 heavy (non-hydrogen) atoms. The Hall–Kier alpha value is -1.90. The lowest BCUT2D eigenvalue weighted by molar-refractivity contribution is 0.171. The average Bonchev–Trinajstić information content (AvgIpc) is 3.17. The summed E-state index contributed by atoms with van der Waals surface area (Å²) in [5, 5.41) is 1.52. The van der Waals surface area contributed by atoms with Crippen LogP contribution in [0.3, 0.4) is 0 Å². The molecule has 0 N–H and O–H groups in total. The number of hydrogen-bond acceptors (Lipinski definition) is 7. The number of anilines is 1. The third-order valence-corrected chi connectivity index (χ3v) is 8.14. The molecule has 152 valence electrons. The highest BCUT2D eigenvalue weighted by molar-refractivity contribution is 8.13. The second-order valence-corrected chi connectivity index (χ2v) is 10.8. The van der Waals surface area contributed by atoms with E-state index >= 15 is 0 Å². The lowest BCUT2D eigenvalue weighted by Gasteiger charge is -2.28. The van der Waals surface area contributed by atoms with Crippen LogP contribution in [-0.4, -0.2) is 50.4 Å².